The Labute approximate surface area is 199 Å². The van der Waals surface area contributed by atoms with E-state index in [2.05, 4.69) is 10.3 Å². The summed E-state index contributed by atoms with van der Waals surface area (Å²) in [6, 6.07) is 2.07. The molecule has 2 heterocycles. The molecule has 190 valence electrons. The van der Waals surface area contributed by atoms with Crippen molar-refractivity contribution < 1.29 is 35.2 Å². The van der Waals surface area contributed by atoms with Gasteiger partial charge in [0.1, 0.15) is 21.5 Å². The number of fused-ring (bicyclic) bond motifs is 1. The number of hydrogen-bond acceptors (Lipinski definition) is 5. The molecular weight excluding hydrogens is 493 g/mol. The summed E-state index contributed by atoms with van der Waals surface area (Å²) in [5.74, 6) is -3.33. The topological polar surface area (TPSA) is 79.4 Å². The van der Waals surface area contributed by atoms with E-state index in [0.717, 1.165) is 19.2 Å². The molecule has 1 amide bonds. The lowest BCUT2D eigenvalue weighted by Crippen LogP contribution is -2.44. The number of pyridine rings is 1. The summed E-state index contributed by atoms with van der Waals surface area (Å²) in [5, 5.41) is 3.08. The first-order chi connectivity index (χ1) is 16.3. The number of nitrogens with one attached hydrogen (secondary N) is 1. The predicted molar refractivity (Wildman–Crippen MR) is 118 cm³/mol. The van der Waals surface area contributed by atoms with Crippen molar-refractivity contribution in [3.63, 3.8) is 0 Å². The molecule has 1 aromatic heterocycles. The minimum absolute atomic E-state index is 0.0133. The van der Waals surface area contributed by atoms with Crippen molar-refractivity contribution in [3.05, 3.63) is 58.9 Å². The Hall–Kier alpha value is -2.76. The first kappa shape index (κ1) is 25.3. The molecule has 4 rings (SSSR count). The van der Waals surface area contributed by atoms with Gasteiger partial charge < -0.3 is 10.2 Å². The van der Waals surface area contributed by atoms with Crippen LogP contribution in [0.1, 0.15) is 35.7 Å². The van der Waals surface area contributed by atoms with E-state index in [1.165, 1.54) is 18.3 Å². The fourth-order valence-electron chi connectivity index (χ4n) is 4.78. The minimum Gasteiger partial charge on any atom is -0.380 e. The van der Waals surface area contributed by atoms with Gasteiger partial charge in [0, 0.05) is 25.1 Å². The number of hydrogen-bond donors (Lipinski definition) is 1. The number of nitrogens with zero attached hydrogens (tertiary/aromatic N) is 2. The second kappa shape index (κ2) is 9.36. The number of rotatable bonds is 5. The summed E-state index contributed by atoms with van der Waals surface area (Å²) < 4.78 is 92.5. The first-order valence-electron chi connectivity index (χ1n) is 11.1. The summed E-state index contributed by atoms with van der Waals surface area (Å²) in [7, 11) is -2.22. The van der Waals surface area contributed by atoms with Crippen LogP contribution in [0, 0.1) is 17.6 Å². The maximum atomic E-state index is 14.0. The highest BCUT2D eigenvalue weighted by Gasteiger charge is 2.47. The monoisotopic (exact) mass is 517 g/mol. The molecule has 1 aliphatic carbocycles. The Morgan fingerprint density at radius 3 is 2.43 bits per heavy atom. The van der Waals surface area contributed by atoms with E-state index in [-0.39, 0.29) is 36.1 Å². The molecule has 0 radical (unpaired) electrons. The third kappa shape index (κ3) is 5.57. The van der Waals surface area contributed by atoms with E-state index in [1.54, 1.807) is 0 Å². The summed E-state index contributed by atoms with van der Waals surface area (Å²) in [5.41, 5.74) is 0.962. The van der Waals surface area contributed by atoms with Gasteiger partial charge in [-0.05, 0) is 55.0 Å². The molecule has 35 heavy (non-hydrogen) atoms. The maximum absolute atomic E-state index is 14.0. The van der Waals surface area contributed by atoms with Crippen molar-refractivity contribution in [2.45, 2.75) is 43.9 Å². The second-order valence-corrected chi connectivity index (χ2v) is 11.4. The molecule has 0 bridgehead atoms. The van der Waals surface area contributed by atoms with Crippen LogP contribution in [-0.2, 0) is 27.5 Å². The quantitative estimate of drug-likeness (QED) is 0.610. The number of alkyl halides is 3. The van der Waals surface area contributed by atoms with Crippen LogP contribution < -0.4 is 5.32 Å². The van der Waals surface area contributed by atoms with Crippen molar-refractivity contribution in [1.29, 1.82) is 0 Å². The van der Waals surface area contributed by atoms with Crippen LogP contribution >= 0.6 is 0 Å². The van der Waals surface area contributed by atoms with E-state index in [4.69, 9.17) is 0 Å². The van der Waals surface area contributed by atoms with E-state index in [9.17, 15) is 35.2 Å². The van der Waals surface area contributed by atoms with Crippen LogP contribution in [0.15, 0.2) is 30.5 Å². The standard InChI is InChI=1S/C23H24F5N3O3S/c1-31(22(32)13-4-6-35(33,34)7-5-13)21(23(26,27)28)20-3-2-16(12-29-20)30-17-9-14-8-15(24)10-19(25)18(14)11-17/h2-3,8,10,12-13,17,21,30H,4-7,9,11H2,1H3/t17?,21-/m0/s1. The van der Waals surface area contributed by atoms with E-state index < -0.39 is 45.5 Å². The first-order valence-corrected chi connectivity index (χ1v) is 12.9. The van der Waals surface area contributed by atoms with Gasteiger partial charge in [-0.2, -0.15) is 13.2 Å². The highest BCUT2D eigenvalue weighted by atomic mass is 32.2. The average Bonchev–Trinajstić information content (AvgIpc) is 3.16. The Balaban J connectivity index is 1.46. The Morgan fingerprint density at radius 1 is 1.14 bits per heavy atom. The van der Waals surface area contributed by atoms with Crippen LogP contribution in [0.3, 0.4) is 0 Å². The molecule has 1 N–H and O–H groups in total. The van der Waals surface area contributed by atoms with Gasteiger partial charge in [0.15, 0.2) is 6.04 Å². The molecule has 1 saturated heterocycles. The molecule has 0 saturated carbocycles. The molecule has 2 aliphatic rings. The largest absolute Gasteiger partial charge is 0.414 e. The molecule has 6 nitrogen and oxygen atoms in total. The predicted octanol–water partition coefficient (Wildman–Crippen LogP) is 3.83. The zero-order chi connectivity index (χ0) is 25.5. The molecule has 0 spiro atoms. The van der Waals surface area contributed by atoms with Gasteiger partial charge >= 0.3 is 6.18 Å². The number of aromatic nitrogens is 1. The Morgan fingerprint density at radius 2 is 1.83 bits per heavy atom. The zero-order valence-electron chi connectivity index (χ0n) is 18.8. The van der Waals surface area contributed by atoms with E-state index >= 15 is 0 Å². The SMILES string of the molecule is CN(C(=O)C1CCS(=O)(=O)CC1)[C@@H](c1ccc(NC2Cc3cc(F)cc(F)c3C2)cn1)C(F)(F)F. The summed E-state index contributed by atoms with van der Waals surface area (Å²) >= 11 is 0. The molecule has 1 aromatic carbocycles. The van der Waals surface area contributed by atoms with Crippen molar-refractivity contribution >= 4 is 21.4 Å². The van der Waals surface area contributed by atoms with Gasteiger partial charge in [0.25, 0.3) is 0 Å². The van der Waals surface area contributed by atoms with Crippen molar-refractivity contribution in [2.24, 2.45) is 5.92 Å². The van der Waals surface area contributed by atoms with Gasteiger partial charge in [-0.3, -0.25) is 9.78 Å². The molecule has 1 unspecified atom stereocenters. The van der Waals surface area contributed by atoms with Gasteiger partial charge in [0.05, 0.1) is 29.1 Å². The fourth-order valence-corrected chi connectivity index (χ4v) is 6.27. The van der Waals surface area contributed by atoms with Gasteiger partial charge in [0.2, 0.25) is 5.91 Å². The van der Waals surface area contributed by atoms with Gasteiger partial charge in [-0.1, -0.05) is 0 Å². The van der Waals surface area contributed by atoms with Crippen LogP contribution in [0.4, 0.5) is 27.6 Å². The molecule has 12 heteroatoms. The number of amides is 1. The maximum Gasteiger partial charge on any atom is 0.414 e. The molecule has 1 aliphatic heterocycles. The van der Waals surface area contributed by atoms with Crippen LogP contribution in [0.2, 0.25) is 0 Å². The molecule has 1 fully saturated rings. The van der Waals surface area contributed by atoms with Crippen molar-refractivity contribution in [2.75, 3.05) is 23.9 Å². The van der Waals surface area contributed by atoms with E-state index in [1.807, 2.05) is 0 Å². The lowest BCUT2D eigenvalue weighted by molar-refractivity contribution is -0.191. The molecule has 2 aromatic rings. The molecular formula is C23H24F5N3O3S. The number of sulfone groups is 1. The highest BCUT2D eigenvalue weighted by molar-refractivity contribution is 7.91. The highest BCUT2D eigenvalue weighted by Crippen LogP contribution is 2.38. The Bertz CT molecular complexity index is 1200. The van der Waals surface area contributed by atoms with Gasteiger partial charge in [-0.15, -0.1) is 0 Å². The lowest BCUT2D eigenvalue weighted by Gasteiger charge is -2.33. The summed E-state index contributed by atoms with van der Waals surface area (Å²) in [4.78, 5) is 17.3. The minimum atomic E-state index is -4.80. The van der Waals surface area contributed by atoms with Crippen LogP contribution in [-0.4, -0.2) is 55.0 Å². The number of halogens is 5. The Kier molecular flexibility index (Phi) is 6.78. The van der Waals surface area contributed by atoms with Crippen LogP contribution in [0.25, 0.3) is 0 Å². The van der Waals surface area contributed by atoms with Gasteiger partial charge in [-0.25, -0.2) is 17.2 Å². The van der Waals surface area contributed by atoms with E-state index in [0.29, 0.717) is 34.6 Å². The van der Waals surface area contributed by atoms with Crippen LogP contribution in [0.5, 0.6) is 0 Å². The van der Waals surface area contributed by atoms with Crippen molar-refractivity contribution in [3.8, 4) is 0 Å². The van der Waals surface area contributed by atoms with Crippen molar-refractivity contribution in [1.82, 2.24) is 9.88 Å². The summed E-state index contributed by atoms with van der Waals surface area (Å²) in [6.45, 7) is 0. The smallest absolute Gasteiger partial charge is 0.380 e. The summed E-state index contributed by atoms with van der Waals surface area (Å²) in [6.07, 6.45) is -2.98. The number of carbonyl (C=O) groups excluding carboxylic acids is 1. The lowest BCUT2D eigenvalue weighted by atomic mass is 9.99. The number of anilines is 1. The average molecular weight is 518 g/mol. The zero-order valence-corrected chi connectivity index (χ0v) is 19.6. The number of carbonyl (C=O) groups is 1. The second-order valence-electron chi connectivity index (χ2n) is 9.07. The fraction of sp³-hybridized carbons (Fsp3) is 0.478. The number of benzene rings is 1. The normalized spacial score (nSPS) is 20.8. The molecule has 2 atom stereocenters. The third-order valence-corrected chi connectivity index (χ3v) is 8.27. The third-order valence-electron chi connectivity index (χ3n) is 6.56.